The van der Waals surface area contributed by atoms with Crippen LogP contribution in [-0.2, 0) is 23.9 Å². The molecule has 1 amide bonds. The first-order valence-electron chi connectivity index (χ1n) is 8.22. The van der Waals surface area contributed by atoms with Crippen LogP contribution in [0.15, 0.2) is 59.7 Å². The van der Waals surface area contributed by atoms with Crippen molar-refractivity contribution in [3.63, 3.8) is 0 Å². The van der Waals surface area contributed by atoms with E-state index in [2.05, 4.69) is 10.3 Å². The standard InChI is InChI=1S/C19H16F3N3O2/c20-19(21,22)15-7-3-1-5-13(15)9-10-23-17(26)11-25-12-24-16-8-4-2-6-14(16)18(25)27/h1-8,12H,9-11H2,(H,23,26). The molecule has 27 heavy (non-hydrogen) atoms. The number of hydrogen-bond donors (Lipinski definition) is 1. The van der Waals surface area contributed by atoms with Crippen LogP contribution in [-0.4, -0.2) is 22.0 Å². The number of benzene rings is 2. The highest BCUT2D eigenvalue weighted by Gasteiger charge is 2.32. The fourth-order valence-corrected chi connectivity index (χ4v) is 2.78. The topological polar surface area (TPSA) is 64.0 Å². The average Bonchev–Trinajstić information content (AvgIpc) is 2.64. The molecule has 0 bridgehead atoms. The summed E-state index contributed by atoms with van der Waals surface area (Å²) in [6, 6.07) is 12.0. The highest BCUT2D eigenvalue weighted by molar-refractivity contribution is 5.78. The molecule has 1 heterocycles. The van der Waals surface area contributed by atoms with Crippen LogP contribution in [0, 0.1) is 0 Å². The molecule has 0 aliphatic heterocycles. The van der Waals surface area contributed by atoms with Crippen LogP contribution < -0.4 is 10.9 Å². The number of halogens is 3. The lowest BCUT2D eigenvalue weighted by Crippen LogP contribution is -2.33. The number of para-hydroxylation sites is 1. The fraction of sp³-hybridized carbons (Fsp3) is 0.211. The Morgan fingerprint density at radius 1 is 1.07 bits per heavy atom. The molecule has 3 rings (SSSR count). The van der Waals surface area contributed by atoms with E-state index in [1.54, 1.807) is 24.3 Å². The minimum atomic E-state index is -4.44. The number of carbonyl (C=O) groups excluding carboxylic acids is 1. The van der Waals surface area contributed by atoms with E-state index < -0.39 is 17.6 Å². The van der Waals surface area contributed by atoms with Gasteiger partial charge in [0, 0.05) is 6.54 Å². The van der Waals surface area contributed by atoms with E-state index in [0.29, 0.717) is 10.9 Å². The van der Waals surface area contributed by atoms with Crippen molar-refractivity contribution >= 4 is 16.8 Å². The first kappa shape index (κ1) is 18.6. The molecule has 0 atom stereocenters. The van der Waals surface area contributed by atoms with E-state index in [1.165, 1.54) is 29.1 Å². The second-order valence-corrected chi connectivity index (χ2v) is 5.95. The first-order valence-corrected chi connectivity index (χ1v) is 8.22. The van der Waals surface area contributed by atoms with Crippen LogP contribution in [0.5, 0.6) is 0 Å². The molecule has 0 aliphatic rings. The van der Waals surface area contributed by atoms with E-state index in [-0.39, 0.29) is 30.6 Å². The lowest BCUT2D eigenvalue weighted by molar-refractivity contribution is -0.138. The molecule has 0 aliphatic carbocycles. The van der Waals surface area contributed by atoms with Gasteiger partial charge in [-0.25, -0.2) is 4.98 Å². The van der Waals surface area contributed by atoms with E-state index in [1.807, 2.05) is 0 Å². The Balaban J connectivity index is 1.63. The Morgan fingerprint density at radius 3 is 2.56 bits per heavy atom. The van der Waals surface area contributed by atoms with Gasteiger partial charge in [0.15, 0.2) is 0 Å². The predicted molar refractivity (Wildman–Crippen MR) is 94.2 cm³/mol. The van der Waals surface area contributed by atoms with Gasteiger partial charge in [-0.2, -0.15) is 13.2 Å². The number of hydrogen-bond acceptors (Lipinski definition) is 3. The third-order valence-electron chi connectivity index (χ3n) is 4.08. The maximum atomic E-state index is 13.0. The van der Waals surface area contributed by atoms with Crippen LogP contribution in [0.3, 0.4) is 0 Å². The maximum absolute atomic E-state index is 13.0. The molecule has 5 nitrogen and oxygen atoms in total. The quantitative estimate of drug-likeness (QED) is 0.746. The molecule has 0 spiro atoms. The largest absolute Gasteiger partial charge is 0.416 e. The SMILES string of the molecule is O=C(Cn1cnc2ccccc2c1=O)NCCc1ccccc1C(F)(F)F. The fourth-order valence-electron chi connectivity index (χ4n) is 2.78. The third kappa shape index (κ3) is 4.33. The van der Waals surface area contributed by atoms with Crippen LogP contribution in [0.2, 0.25) is 0 Å². The summed E-state index contributed by atoms with van der Waals surface area (Å²) in [7, 11) is 0. The lowest BCUT2D eigenvalue weighted by atomic mass is 10.0. The van der Waals surface area contributed by atoms with Gasteiger partial charge < -0.3 is 5.32 Å². The summed E-state index contributed by atoms with van der Waals surface area (Å²) in [6.07, 6.45) is -3.12. The maximum Gasteiger partial charge on any atom is 0.416 e. The van der Waals surface area contributed by atoms with Crippen LogP contribution in [0.4, 0.5) is 13.2 Å². The van der Waals surface area contributed by atoms with Gasteiger partial charge in [-0.1, -0.05) is 30.3 Å². The molecule has 0 unspecified atom stereocenters. The summed E-state index contributed by atoms with van der Waals surface area (Å²) in [6.45, 7) is -0.223. The number of alkyl halides is 3. The zero-order valence-corrected chi connectivity index (χ0v) is 14.2. The van der Waals surface area contributed by atoms with Crippen LogP contribution in [0.25, 0.3) is 10.9 Å². The Kier molecular flexibility index (Phi) is 5.25. The van der Waals surface area contributed by atoms with Gasteiger partial charge in [0.05, 0.1) is 22.8 Å². The van der Waals surface area contributed by atoms with Gasteiger partial charge in [0.1, 0.15) is 6.54 Å². The summed E-state index contributed by atoms with van der Waals surface area (Å²) in [5.74, 6) is -0.473. The molecular weight excluding hydrogens is 359 g/mol. The Bertz CT molecular complexity index is 1030. The number of carbonyl (C=O) groups is 1. The third-order valence-corrected chi connectivity index (χ3v) is 4.08. The monoisotopic (exact) mass is 375 g/mol. The van der Waals surface area contributed by atoms with Crippen molar-refractivity contribution in [2.24, 2.45) is 0 Å². The van der Waals surface area contributed by atoms with Crippen LogP contribution >= 0.6 is 0 Å². The molecule has 3 aromatic rings. The van der Waals surface area contributed by atoms with E-state index in [0.717, 1.165) is 6.07 Å². The van der Waals surface area contributed by atoms with Crippen molar-refractivity contribution in [2.75, 3.05) is 6.54 Å². The molecule has 2 aromatic carbocycles. The number of aromatic nitrogens is 2. The molecule has 0 saturated heterocycles. The molecular formula is C19H16F3N3O2. The number of amides is 1. The van der Waals surface area contributed by atoms with Crippen molar-refractivity contribution in [2.45, 2.75) is 19.1 Å². The molecule has 1 aromatic heterocycles. The summed E-state index contributed by atoms with van der Waals surface area (Å²) >= 11 is 0. The molecule has 8 heteroatoms. The molecule has 0 radical (unpaired) electrons. The van der Waals surface area contributed by atoms with Gasteiger partial charge in [0.2, 0.25) is 5.91 Å². The summed E-state index contributed by atoms with van der Waals surface area (Å²) in [5, 5.41) is 2.94. The first-order chi connectivity index (χ1) is 12.9. The van der Waals surface area contributed by atoms with Crippen molar-refractivity contribution in [3.05, 3.63) is 76.3 Å². The summed E-state index contributed by atoms with van der Waals surface area (Å²) in [4.78, 5) is 28.5. The predicted octanol–water partition coefficient (Wildman–Crippen LogP) is 2.77. The van der Waals surface area contributed by atoms with Crippen molar-refractivity contribution in [1.29, 1.82) is 0 Å². The molecule has 0 saturated carbocycles. The zero-order chi connectivity index (χ0) is 19.4. The highest BCUT2D eigenvalue weighted by atomic mass is 19.4. The van der Waals surface area contributed by atoms with Gasteiger partial charge in [0.25, 0.3) is 5.56 Å². The average molecular weight is 375 g/mol. The number of fused-ring (bicyclic) bond motifs is 1. The van der Waals surface area contributed by atoms with E-state index >= 15 is 0 Å². The van der Waals surface area contributed by atoms with Crippen molar-refractivity contribution in [3.8, 4) is 0 Å². The van der Waals surface area contributed by atoms with E-state index in [9.17, 15) is 22.8 Å². The number of nitrogens with zero attached hydrogens (tertiary/aromatic N) is 2. The second-order valence-electron chi connectivity index (χ2n) is 5.95. The second kappa shape index (κ2) is 7.61. The Hall–Kier alpha value is -3.16. The lowest BCUT2D eigenvalue weighted by Gasteiger charge is -2.13. The summed E-state index contributed by atoms with van der Waals surface area (Å²) in [5.41, 5.74) is -0.426. The van der Waals surface area contributed by atoms with Gasteiger partial charge in [-0.3, -0.25) is 14.2 Å². The summed E-state index contributed by atoms with van der Waals surface area (Å²) < 4.78 is 40.1. The minimum absolute atomic E-state index is 0.0295. The zero-order valence-electron chi connectivity index (χ0n) is 14.2. The molecule has 0 fully saturated rings. The number of nitrogens with one attached hydrogen (secondary N) is 1. The normalized spacial score (nSPS) is 11.5. The molecule has 140 valence electrons. The van der Waals surface area contributed by atoms with Crippen LogP contribution in [0.1, 0.15) is 11.1 Å². The smallest absolute Gasteiger partial charge is 0.354 e. The van der Waals surface area contributed by atoms with Crippen molar-refractivity contribution < 1.29 is 18.0 Å². The Labute approximate surface area is 152 Å². The Morgan fingerprint density at radius 2 is 1.78 bits per heavy atom. The van der Waals surface area contributed by atoms with E-state index in [4.69, 9.17) is 0 Å². The van der Waals surface area contributed by atoms with Gasteiger partial charge in [-0.05, 0) is 30.2 Å². The number of rotatable bonds is 5. The van der Waals surface area contributed by atoms with Gasteiger partial charge in [-0.15, -0.1) is 0 Å². The minimum Gasteiger partial charge on any atom is -0.354 e. The highest BCUT2D eigenvalue weighted by Crippen LogP contribution is 2.31. The van der Waals surface area contributed by atoms with Crippen molar-refractivity contribution in [1.82, 2.24) is 14.9 Å². The molecule has 1 N–H and O–H groups in total. The van der Waals surface area contributed by atoms with Gasteiger partial charge >= 0.3 is 6.18 Å².